The normalized spacial score (nSPS) is 15.7. The van der Waals surface area contributed by atoms with Gasteiger partial charge in [-0.2, -0.15) is 5.10 Å². The molecule has 0 radical (unpaired) electrons. The molecule has 1 aliphatic rings. The highest BCUT2D eigenvalue weighted by atomic mass is 35.5. The van der Waals surface area contributed by atoms with Gasteiger partial charge in [0.25, 0.3) is 5.91 Å². The fourth-order valence-corrected chi connectivity index (χ4v) is 4.23. The van der Waals surface area contributed by atoms with Gasteiger partial charge in [-0.05, 0) is 48.9 Å². The van der Waals surface area contributed by atoms with Crippen LogP contribution in [0.5, 0.6) is 5.75 Å². The summed E-state index contributed by atoms with van der Waals surface area (Å²) in [5.41, 5.74) is 3.51. The number of halogens is 1. The zero-order valence-corrected chi connectivity index (χ0v) is 18.7. The van der Waals surface area contributed by atoms with E-state index in [1.165, 1.54) is 0 Å². The molecule has 0 spiro atoms. The lowest BCUT2D eigenvalue weighted by molar-refractivity contribution is 0.0790. The molecule has 0 unspecified atom stereocenters. The summed E-state index contributed by atoms with van der Waals surface area (Å²) in [6.45, 7) is 1.89. The maximum Gasteiger partial charge on any atom is 0.253 e. The number of rotatable bonds is 7. The zero-order valence-electron chi connectivity index (χ0n) is 17.9. The molecule has 9 heteroatoms. The number of nitrogens with zero attached hydrogens (tertiary/aromatic N) is 5. The number of hydrogen-bond donors (Lipinski definition) is 1. The van der Waals surface area contributed by atoms with Crippen LogP contribution >= 0.6 is 11.6 Å². The van der Waals surface area contributed by atoms with E-state index in [1.54, 1.807) is 23.3 Å². The number of carbonyl (C=O) groups is 1. The summed E-state index contributed by atoms with van der Waals surface area (Å²) < 4.78 is 7.55. The van der Waals surface area contributed by atoms with Crippen LogP contribution in [0.3, 0.4) is 0 Å². The third-order valence-electron chi connectivity index (χ3n) is 5.79. The van der Waals surface area contributed by atoms with Gasteiger partial charge in [0, 0.05) is 47.4 Å². The first-order chi connectivity index (χ1) is 16.2. The molecular formula is C24H23ClN6O2. The molecule has 33 heavy (non-hydrogen) atoms. The lowest BCUT2D eigenvalue weighted by Gasteiger charge is -2.16. The number of H-pyrrole nitrogens is 1. The first-order valence-electron chi connectivity index (χ1n) is 10.8. The Balaban J connectivity index is 1.17. The predicted molar refractivity (Wildman–Crippen MR) is 124 cm³/mol. The van der Waals surface area contributed by atoms with Crippen molar-refractivity contribution in [3.05, 3.63) is 89.2 Å². The van der Waals surface area contributed by atoms with E-state index in [0.717, 1.165) is 29.2 Å². The van der Waals surface area contributed by atoms with Crippen molar-refractivity contribution in [3.63, 3.8) is 0 Å². The molecule has 0 bridgehead atoms. The summed E-state index contributed by atoms with van der Waals surface area (Å²) >= 11 is 5.99. The second-order valence-electron chi connectivity index (χ2n) is 8.03. The first-order valence-corrected chi connectivity index (χ1v) is 11.2. The van der Waals surface area contributed by atoms with Gasteiger partial charge in [-0.15, -0.1) is 10.2 Å². The zero-order chi connectivity index (χ0) is 22.6. The van der Waals surface area contributed by atoms with Gasteiger partial charge in [0.1, 0.15) is 18.4 Å². The van der Waals surface area contributed by atoms with Gasteiger partial charge in [0.15, 0.2) is 0 Å². The summed E-state index contributed by atoms with van der Waals surface area (Å²) in [4.78, 5) is 15.0. The maximum absolute atomic E-state index is 13.1. The Labute approximate surface area is 196 Å². The molecule has 1 N–H and O–H groups in total. The third-order valence-corrected chi connectivity index (χ3v) is 6.03. The van der Waals surface area contributed by atoms with Crippen LogP contribution in [0, 0.1) is 0 Å². The van der Waals surface area contributed by atoms with Crippen LogP contribution in [-0.4, -0.2) is 55.5 Å². The fraction of sp³-hybridized carbons (Fsp3) is 0.250. The van der Waals surface area contributed by atoms with Crippen molar-refractivity contribution in [2.75, 3.05) is 19.7 Å². The van der Waals surface area contributed by atoms with Gasteiger partial charge >= 0.3 is 0 Å². The highest BCUT2D eigenvalue weighted by molar-refractivity contribution is 6.30. The second-order valence-corrected chi connectivity index (χ2v) is 8.47. The minimum atomic E-state index is 0.0260. The number of aromatic amines is 1. The highest BCUT2D eigenvalue weighted by Gasteiger charge is 2.29. The van der Waals surface area contributed by atoms with Crippen LogP contribution in [0.2, 0.25) is 5.02 Å². The van der Waals surface area contributed by atoms with E-state index in [-0.39, 0.29) is 11.8 Å². The summed E-state index contributed by atoms with van der Waals surface area (Å²) in [6.07, 6.45) is 4.83. The molecule has 0 aliphatic carbocycles. The minimum Gasteiger partial charge on any atom is -0.493 e. The van der Waals surface area contributed by atoms with Gasteiger partial charge < -0.3 is 9.64 Å². The van der Waals surface area contributed by atoms with Crippen LogP contribution < -0.4 is 4.74 Å². The van der Waals surface area contributed by atoms with Crippen molar-refractivity contribution >= 4 is 17.5 Å². The molecule has 8 nitrogen and oxygen atoms in total. The Bertz CT molecular complexity index is 1240. The van der Waals surface area contributed by atoms with E-state index in [4.69, 9.17) is 16.3 Å². The monoisotopic (exact) mass is 462 g/mol. The molecular weight excluding hydrogens is 440 g/mol. The molecule has 5 rings (SSSR count). The highest BCUT2D eigenvalue weighted by Crippen LogP contribution is 2.28. The fourth-order valence-electron chi connectivity index (χ4n) is 4.05. The van der Waals surface area contributed by atoms with Crippen molar-refractivity contribution in [3.8, 4) is 11.4 Å². The van der Waals surface area contributed by atoms with E-state index in [0.29, 0.717) is 36.7 Å². The van der Waals surface area contributed by atoms with Gasteiger partial charge in [0.05, 0.1) is 12.3 Å². The van der Waals surface area contributed by atoms with Gasteiger partial charge in [0.2, 0.25) is 0 Å². The van der Waals surface area contributed by atoms with Crippen LogP contribution in [-0.2, 0) is 6.42 Å². The Kier molecular flexibility index (Phi) is 6.08. The molecule has 1 amide bonds. The molecule has 4 aromatic rings. The van der Waals surface area contributed by atoms with Crippen molar-refractivity contribution in [1.29, 1.82) is 0 Å². The van der Waals surface area contributed by atoms with E-state index in [1.807, 2.05) is 47.4 Å². The van der Waals surface area contributed by atoms with E-state index in [2.05, 4.69) is 26.5 Å². The molecule has 1 fully saturated rings. The Morgan fingerprint density at radius 1 is 1.12 bits per heavy atom. The third kappa shape index (κ3) is 4.90. The number of nitrogens with one attached hydrogen (secondary N) is 1. The Hall–Kier alpha value is -3.65. The number of carbonyl (C=O) groups excluding carboxylic acids is 1. The summed E-state index contributed by atoms with van der Waals surface area (Å²) in [5.74, 6) is 0.993. The molecule has 2 aromatic heterocycles. The van der Waals surface area contributed by atoms with E-state index < -0.39 is 0 Å². The molecule has 2 aromatic carbocycles. The van der Waals surface area contributed by atoms with Crippen LogP contribution in [0.1, 0.15) is 34.1 Å². The number of likely N-dealkylation sites (tertiary alicyclic amines) is 1. The van der Waals surface area contributed by atoms with Gasteiger partial charge in [-0.3, -0.25) is 14.5 Å². The van der Waals surface area contributed by atoms with Crippen molar-refractivity contribution in [1.82, 2.24) is 29.9 Å². The number of amides is 1. The average molecular weight is 463 g/mol. The topological polar surface area (TPSA) is 88.9 Å². The average Bonchev–Trinajstić information content (AvgIpc) is 3.60. The predicted octanol–water partition coefficient (Wildman–Crippen LogP) is 3.90. The molecule has 0 saturated carbocycles. The molecule has 1 atom stereocenters. The molecule has 168 valence electrons. The number of benzene rings is 2. The lowest BCUT2D eigenvalue weighted by atomic mass is 10.0. The summed E-state index contributed by atoms with van der Waals surface area (Å²) in [7, 11) is 0. The Morgan fingerprint density at radius 2 is 1.97 bits per heavy atom. The quantitative estimate of drug-likeness (QED) is 0.450. The van der Waals surface area contributed by atoms with Crippen LogP contribution in [0.4, 0.5) is 0 Å². The smallest absolute Gasteiger partial charge is 0.253 e. The van der Waals surface area contributed by atoms with Crippen molar-refractivity contribution in [2.45, 2.75) is 18.8 Å². The van der Waals surface area contributed by atoms with Crippen molar-refractivity contribution < 1.29 is 9.53 Å². The van der Waals surface area contributed by atoms with E-state index in [9.17, 15) is 4.79 Å². The number of hydrogen-bond acceptors (Lipinski definition) is 5. The maximum atomic E-state index is 13.1. The second kappa shape index (κ2) is 9.46. The lowest BCUT2D eigenvalue weighted by Crippen LogP contribution is -2.28. The van der Waals surface area contributed by atoms with E-state index >= 15 is 0 Å². The minimum absolute atomic E-state index is 0.0260. The summed E-state index contributed by atoms with van der Waals surface area (Å²) in [6, 6.07) is 17.0. The van der Waals surface area contributed by atoms with Crippen molar-refractivity contribution in [2.24, 2.45) is 0 Å². The van der Waals surface area contributed by atoms with Gasteiger partial charge in [-0.1, -0.05) is 23.7 Å². The van der Waals surface area contributed by atoms with Gasteiger partial charge in [-0.25, -0.2) is 0 Å². The van der Waals surface area contributed by atoms with Crippen LogP contribution in [0.25, 0.3) is 5.69 Å². The van der Waals surface area contributed by atoms with Crippen LogP contribution in [0.15, 0.2) is 67.3 Å². The summed E-state index contributed by atoms with van der Waals surface area (Å²) in [5, 5.41) is 15.9. The SMILES string of the molecule is O=C(c1cccc(-n2cnnc2)c1)N1CC[C@H](c2cc(CCOc3cccc(Cl)c3)[nH]n2)C1. The number of ether oxygens (including phenoxy) is 1. The standard InChI is InChI=1S/C24H23ClN6O2/c25-19-4-2-6-22(12-19)33-10-8-20-13-23(29-28-20)18-7-9-30(14-18)24(32)17-3-1-5-21(11-17)31-15-26-27-16-31/h1-6,11-13,15-16,18H,7-10,14H2,(H,28,29)/t18-/m0/s1. The molecule has 3 heterocycles. The molecule has 1 saturated heterocycles. The number of aromatic nitrogens is 5. The first kappa shape index (κ1) is 21.2. The largest absolute Gasteiger partial charge is 0.493 e. The molecule has 1 aliphatic heterocycles. The Morgan fingerprint density at radius 3 is 2.82 bits per heavy atom.